The molecule has 0 radical (unpaired) electrons. The number of rotatable bonds is 6. The van der Waals surface area contributed by atoms with Crippen molar-refractivity contribution in [3.05, 3.63) is 46.8 Å². The Labute approximate surface area is 164 Å². The first kappa shape index (κ1) is 19.1. The van der Waals surface area contributed by atoms with E-state index in [4.69, 9.17) is 11.6 Å². The fraction of sp³-hybridized carbons (Fsp3) is 0.368. The van der Waals surface area contributed by atoms with E-state index >= 15 is 0 Å². The monoisotopic (exact) mass is 386 g/mol. The fourth-order valence-corrected chi connectivity index (χ4v) is 2.93. The van der Waals surface area contributed by atoms with Crippen molar-refractivity contribution in [2.75, 3.05) is 37.0 Å². The zero-order chi connectivity index (χ0) is 19.2. The van der Waals surface area contributed by atoms with Crippen molar-refractivity contribution >= 4 is 35.5 Å². The number of amides is 1. The zero-order valence-electron chi connectivity index (χ0n) is 15.5. The first-order chi connectivity index (χ1) is 13.0. The molecule has 1 N–H and O–H groups in total. The molecule has 1 aliphatic rings. The van der Waals surface area contributed by atoms with Crippen molar-refractivity contribution in [3.63, 3.8) is 0 Å². The van der Waals surface area contributed by atoms with Gasteiger partial charge in [0.05, 0.1) is 6.54 Å². The van der Waals surface area contributed by atoms with E-state index in [-0.39, 0.29) is 12.5 Å². The van der Waals surface area contributed by atoms with E-state index in [0.717, 1.165) is 31.5 Å². The standard InChI is InChI=1S/C19H23ClN6O/c1-25(2)18-22-16(23-19(24-18)26-11-5-6-12-26)13-21-17(27)10-9-14-7-3-4-8-15(14)20/h3-4,7-10H,5-6,11-13H2,1-2H3,(H,21,27). The summed E-state index contributed by atoms with van der Waals surface area (Å²) >= 11 is 6.09. The number of hydrogen-bond donors (Lipinski definition) is 1. The van der Waals surface area contributed by atoms with E-state index < -0.39 is 0 Å². The Hall–Kier alpha value is -2.67. The van der Waals surface area contributed by atoms with Gasteiger partial charge in [0.15, 0.2) is 5.82 Å². The molecule has 1 amide bonds. The summed E-state index contributed by atoms with van der Waals surface area (Å²) in [4.78, 5) is 29.6. The molecule has 1 fully saturated rings. The molecule has 1 aromatic carbocycles. The number of carbonyl (C=O) groups excluding carboxylic acids is 1. The van der Waals surface area contributed by atoms with Gasteiger partial charge < -0.3 is 15.1 Å². The molecule has 0 spiro atoms. The largest absolute Gasteiger partial charge is 0.347 e. The van der Waals surface area contributed by atoms with Crippen LogP contribution in [0.5, 0.6) is 0 Å². The third-order valence-corrected chi connectivity index (χ3v) is 4.53. The van der Waals surface area contributed by atoms with Gasteiger partial charge in [-0.3, -0.25) is 4.79 Å². The van der Waals surface area contributed by atoms with Crippen LogP contribution >= 0.6 is 11.6 Å². The number of hydrogen-bond acceptors (Lipinski definition) is 6. The molecule has 3 rings (SSSR count). The van der Waals surface area contributed by atoms with Gasteiger partial charge in [0.2, 0.25) is 17.8 Å². The zero-order valence-corrected chi connectivity index (χ0v) is 16.3. The lowest BCUT2D eigenvalue weighted by Crippen LogP contribution is -2.26. The summed E-state index contributed by atoms with van der Waals surface area (Å²) in [5, 5.41) is 3.42. The van der Waals surface area contributed by atoms with E-state index in [1.54, 1.807) is 12.1 Å². The second-order valence-corrected chi connectivity index (χ2v) is 6.92. The number of aromatic nitrogens is 3. The Morgan fingerprint density at radius 1 is 1.22 bits per heavy atom. The van der Waals surface area contributed by atoms with Crippen LogP contribution in [0.2, 0.25) is 5.02 Å². The number of halogens is 1. The SMILES string of the molecule is CN(C)c1nc(CNC(=O)C=Cc2ccccc2Cl)nc(N2CCCC2)n1. The van der Waals surface area contributed by atoms with Crippen molar-refractivity contribution in [2.24, 2.45) is 0 Å². The van der Waals surface area contributed by atoms with Crippen LogP contribution in [-0.4, -0.2) is 48.0 Å². The van der Waals surface area contributed by atoms with Crippen molar-refractivity contribution < 1.29 is 4.79 Å². The highest BCUT2D eigenvalue weighted by Crippen LogP contribution is 2.18. The minimum Gasteiger partial charge on any atom is -0.347 e. The van der Waals surface area contributed by atoms with Crippen LogP contribution in [0.3, 0.4) is 0 Å². The van der Waals surface area contributed by atoms with Gasteiger partial charge in [-0.05, 0) is 30.5 Å². The molecule has 0 saturated carbocycles. The average molecular weight is 387 g/mol. The Kier molecular flexibility index (Phi) is 6.24. The first-order valence-electron chi connectivity index (χ1n) is 8.90. The van der Waals surface area contributed by atoms with Crippen molar-refractivity contribution in [2.45, 2.75) is 19.4 Å². The number of benzene rings is 1. The topological polar surface area (TPSA) is 74.2 Å². The Morgan fingerprint density at radius 2 is 1.96 bits per heavy atom. The van der Waals surface area contributed by atoms with Crippen LogP contribution in [0.4, 0.5) is 11.9 Å². The maximum Gasteiger partial charge on any atom is 0.244 e. The van der Waals surface area contributed by atoms with E-state index in [1.165, 1.54) is 6.08 Å². The van der Waals surface area contributed by atoms with Gasteiger partial charge in [-0.15, -0.1) is 0 Å². The molecule has 27 heavy (non-hydrogen) atoms. The number of carbonyl (C=O) groups is 1. The molecule has 7 nitrogen and oxygen atoms in total. The van der Waals surface area contributed by atoms with E-state index in [0.29, 0.717) is 22.7 Å². The van der Waals surface area contributed by atoms with Gasteiger partial charge in [-0.25, -0.2) is 0 Å². The number of nitrogens with zero attached hydrogens (tertiary/aromatic N) is 5. The van der Waals surface area contributed by atoms with Gasteiger partial charge in [-0.1, -0.05) is 29.8 Å². The molecule has 0 aliphatic carbocycles. The second-order valence-electron chi connectivity index (χ2n) is 6.51. The Morgan fingerprint density at radius 3 is 2.67 bits per heavy atom. The minimum absolute atomic E-state index is 0.232. The summed E-state index contributed by atoms with van der Waals surface area (Å²) in [7, 11) is 3.77. The van der Waals surface area contributed by atoms with Crippen LogP contribution in [0, 0.1) is 0 Å². The number of anilines is 2. The summed E-state index contributed by atoms with van der Waals surface area (Å²) < 4.78 is 0. The molecule has 0 bridgehead atoms. The van der Waals surface area contributed by atoms with Crippen LogP contribution in [0.15, 0.2) is 30.3 Å². The highest BCUT2D eigenvalue weighted by molar-refractivity contribution is 6.32. The molecule has 1 aromatic heterocycles. The quantitative estimate of drug-likeness (QED) is 0.769. The van der Waals surface area contributed by atoms with E-state index in [1.807, 2.05) is 37.2 Å². The molecule has 1 aliphatic heterocycles. The van der Waals surface area contributed by atoms with Gasteiger partial charge in [-0.2, -0.15) is 15.0 Å². The van der Waals surface area contributed by atoms with Crippen molar-refractivity contribution in [3.8, 4) is 0 Å². The van der Waals surface area contributed by atoms with Gasteiger partial charge in [0.25, 0.3) is 0 Å². The molecule has 0 atom stereocenters. The molecule has 8 heteroatoms. The Bertz CT molecular complexity index is 833. The van der Waals surface area contributed by atoms with Gasteiger partial charge >= 0.3 is 0 Å². The highest BCUT2D eigenvalue weighted by Gasteiger charge is 2.18. The average Bonchev–Trinajstić information content (AvgIpc) is 3.20. The summed E-state index contributed by atoms with van der Waals surface area (Å²) in [6.07, 6.45) is 5.42. The predicted molar refractivity (Wildman–Crippen MR) is 108 cm³/mol. The normalized spacial score (nSPS) is 14.0. The minimum atomic E-state index is -0.232. The van der Waals surface area contributed by atoms with E-state index in [2.05, 4.69) is 25.2 Å². The lowest BCUT2D eigenvalue weighted by Gasteiger charge is -2.18. The maximum atomic E-state index is 12.1. The molecule has 1 saturated heterocycles. The lowest BCUT2D eigenvalue weighted by molar-refractivity contribution is -0.116. The van der Waals surface area contributed by atoms with Crippen LogP contribution in [0.25, 0.3) is 6.08 Å². The third-order valence-electron chi connectivity index (χ3n) is 4.19. The Balaban J connectivity index is 1.67. The third kappa shape index (κ3) is 5.17. The second kappa shape index (κ2) is 8.81. The van der Waals surface area contributed by atoms with Gasteiger partial charge in [0.1, 0.15) is 0 Å². The summed E-state index contributed by atoms with van der Waals surface area (Å²) in [6, 6.07) is 7.36. The van der Waals surface area contributed by atoms with Crippen molar-refractivity contribution in [1.82, 2.24) is 20.3 Å². The highest BCUT2D eigenvalue weighted by atomic mass is 35.5. The molecule has 0 unspecified atom stereocenters. The van der Waals surface area contributed by atoms with Crippen LogP contribution < -0.4 is 15.1 Å². The van der Waals surface area contributed by atoms with Gasteiger partial charge in [0, 0.05) is 38.3 Å². The van der Waals surface area contributed by atoms with E-state index in [9.17, 15) is 4.79 Å². The van der Waals surface area contributed by atoms with Crippen molar-refractivity contribution in [1.29, 1.82) is 0 Å². The molecule has 2 aromatic rings. The summed E-state index contributed by atoms with van der Waals surface area (Å²) in [5.74, 6) is 1.56. The molecule has 2 heterocycles. The summed E-state index contributed by atoms with van der Waals surface area (Å²) in [5.41, 5.74) is 0.792. The fourth-order valence-electron chi connectivity index (χ4n) is 2.73. The molecular formula is C19H23ClN6O. The predicted octanol–water partition coefficient (Wildman–Crippen LogP) is 2.52. The first-order valence-corrected chi connectivity index (χ1v) is 9.28. The smallest absolute Gasteiger partial charge is 0.244 e. The molecule has 142 valence electrons. The molecular weight excluding hydrogens is 364 g/mol. The van der Waals surface area contributed by atoms with Crippen LogP contribution in [0.1, 0.15) is 24.2 Å². The summed E-state index contributed by atoms with van der Waals surface area (Å²) in [6.45, 7) is 2.13. The maximum absolute atomic E-state index is 12.1. The van der Waals surface area contributed by atoms with Crippen LogP contribution in [-0.2, 0) is 11.3 Å². The lowest BCUT2D eigenvalue weighted by atomic mass is 10.2. The number of nitrogens with one attached hydrogen (secondary N) is 1.